The predicted molar refractivity (Wildman–Crippen MR) is 74.6 cm³/mol. The summed E-state index contributed by atoms with van der Waals surface area (Å²) in [5, 5.41) is 9.92. The van der Waals surface area contributed by atoms with E-state index in [4.69, 9.17) is 0 Å². The van der Waals surface area contributed by atoms with E-state index in [9.17, 15) is 5.11 Å². The maximum absolute atomic E-state index is 10.2. The molecule has 92 valence electrons. The van der Waals surface area contributed by atoms with Gasteiger partial charge in [-0.15, -0.1) is 9.24 Å². The summed E-state index contributed by atoms with van der Waals surface area (Å²) in [5.41, 5.74) is 1.44. The molecule has 0 fully saturated rings. The van der Waals surface area contributed by atoms with Gasteiger partial charge in [-0.05, 0) is 16.4 Å². The van der Waals surface area contributed by atoms with E-state index < -0.39 is 6.10 Å². The summed E-state index contributed by atoms with van der Waals surface area (Å²) in [6, 6.07) is 0. The van der Waals surface area contributed by atoms with Crippen LogP contribution >= 0.6 is 9.24 Å². The van der Waals surface area contributed by atoms with Crippen LogP contribution in [0.3, 0.4) is 0 Å². The standard InChI is InChI=1S/C14H25OP/c1-12(2,3)10-7-8-11(15)14(16,9-10)13(4,5)6/h7-9,11,15H,16H2,1-6H3. The fourth-order valence-electron chi connectivity index (χ4n) is 1.87. The Bertz CT molecular complexity index is 328. The number of aliphatic hydroxyl groups excluding tert-OH is 1. The molecule has 0 aromatic heterocycles. The zero-order valence-corrected chi connectivity index (χ0v) is 12.5. The molecular weight excluding hydrogens is 215 g/mol. The minimum atomic E-state index is -0.427. The number of hydrogen-bond acceptors (Lipinski definition) is 1. The van der Waals surface area contributed by atoms with Crippen LogP contribution in [0.25, 0.3) is 0 Å². The Balaban J connectivity index is 3.22. The Kier molecular flexibility index (Phi) is 3.45. The van der Waals surface area contributed by atoms with Crippen LogP contribution in [0.15, 0.2) is 23.8 Å². The average molecular weight is 240 g/mol. The second-order valence-corrected chi connectivity index (χ2v) is 7.79. The number of allylic oxidation sites excluding steroid dienone is 2. The van der Waals surface area contributed by atoms with Gasteiger partial charge in [-0.1, -0.05) is 59.8 Å². The summed E-state index contributed by atoms with van der Waals surface area (Å²) in [6.07, 6.45) is 5.77. The molecule has 0 heterocycles. The van der Waals surface area contributed by atoms with Crippen molar-refractivity contribution in [3.8, 4) is 0 Å². The van der Waals surface area contributed by atoms with Crippen LogP contribution in [0.1, 0.15) is 41.5 Å². The molecule has 0 aliphatic heterocycles. The van der Waals surface area contributed by atoms with Crippen molar-refractivity contribution < 1.29 is 5.11 Å². The van der Waals surface area contributed by atoms with E-state index in [-0.39, 0.29) is 16.0 Å². The highest BCUT2D eigenvalue weighted by Crippen LogP contribution is 2.47. The summed E-state index contributed by atoms with van der Waals surface area (Å²) >= 11 is 0. The molecule has 0 aromatic rings. The Hall–Kier alpha value is -0.130. The molecule has 0 bridgehead atoms. The average Bonchev–Trinajstić information content (AvgIpc) is 2.06. The molecule has 0 saturated carbocycles. The third-order valence-corrected chi connectivity index (χ3v) is 4.88. The molecule has 3 unspecified atom stereocenters. The van der Waals surface area contributed by atoms with Gasteiger partial charge in [0.1, 0.15) is 0 Å². The van der Waals surface area contributed by atoms with Crippen LogP contribution < -0.4 is 0 Å². The van der Waals surface area contributed by atoms with Gasteiger partial charge in [0.2, 0.25) is 0 Å². The van der Waals surface area contributed by atoms with Crippen LogP contribution in [-0.4, -0.2) is 16.4 Å². The van der Waals surface area contributed by atoms with Crippen LogP contribution in [0.5, 0.6) is 0 Å². The van der Waals surface area contributed by atoms with E-state index in [2.05, 4.69) is 62.9 Å². The Morgan fingerprint density at radius 3 is 2.06 bits per heavy atom. The van der Waals surface area contributed by atoms with Gasteiger partial charge in [0, 0.05) is 5.16 Å². The van der Waals surface area contributed by atoms with E-state index in [0.29, 0.717) is 0 Å². The first-order chi connectivity index (χ1) is 6.98. The first kappa shape index (κ1) is 13.9. The molecule has 0 saturated heterocycles. The summed E-state index contributed by atoms with van der Waals surface area (Å²) in [6.45, 7) is 13.1. The number of hydrogen-bond donors (Lipinski definition) is 1. The molecule has 1 aliphatic carbocycles. The molecule has 1 N–H and O–H groups in total. The quantitative estimate of drug-likeness (QED) is 0.642. The maximum atomic E-state index is 10.2. The fourth-order valence-corrected chi connectivity index (χ4v) is 2.16. The van der Waals surface area contributed by atoms with Crippen molar-refractivity contribution in [2.75, 3.05) is 0 Å². The first-order valence-corrected chi connectivity index (χ1v) is 6.45. The molecular formula is C14H25OP. The molecule has 1 aliphatic rings. The van der Waals surface area contributed by atoms with E-state index in [1.54, 1.807) is 0 Å². The minimum Gasteiger partial charge on any atom is -0.388 e. The summed E-state index contributed by atoms with van der Waals surface area (Å²) in [5.74, 6) is 0. The predicted octanol–water partition coefficient (Wildman–Crippen LogP) is 3.55. The molecule has 2 heteroatoms. The fraction of sp³-hybridized carbons (Fsp3) is 0.714. The van der Waals surface area contributed by atoms with Crippen molar-refractivity contribution in [2.45, 2.75) is 52.8 Å². The van der Waals surface area contributed by atoms with Gasteiger partial charge in [-0.25, -0.2) is 0 Å². The third-order valence-electron chi connectivity index (χ3n) is 3.51. The van der Waals surface area contributed by atoms with Crippen molar-refractivity contribution in [2.24, 2.45) is 10.8 Å². The molecule has 0 aromatic carbocycles. The van der Waals surface area contributed by atoms with Gasteiger partial charge in [0.05, 0.1) is 6.10 Å². The van der Waals surface area contributed by atoms with Crippen LogP contribution in [0.4, 0.5) is 0 Å². The second-order valence-electron chi connectivity index (χ2n) is 6.84. The van der Waals surface area contributed by atoms with Crippen molar-refractivity contribution in [1.82, 2.24) is 0 Å². The maximum Gasteiger partial charge on any atom is 0.0854 e. The number of aliphatic hydroxyl groups is 1. The SMILES string of the molecule is CC(C)(C)C1=CC(P)(C(C)(C)C)C(O)C=C1. The van der Waals surface area contributed by atoms with E-state index in [1.165, 1.54) is 5.57 Å². The minimum absolute atomic E-state index is 0.0122. The van der Waals surface area contributed by atoms with Gasteiger partial charge in [-0.2, -0.15) is 0 Å². The van der Waals surface area contributed by atoms with Crippen molar-refractivity contribution >= 4 is 9.24 Å². The second kappa shape index (κ2) is 3.96. The Morgan fingerprint density at radius 2 is 1.69 bits per heavy atom. The lowest BCUT2D eigenvalue weighted by atomic mass is 9.70. The third kappa shape index (κ3) is 2.41. The zero-order chi connectivity index (χ0) is 12.8. The zero-order valence-electron chi connectivity index (χ0n) is 11.3. The van der Waals surface area contributed by atoms with Gasteiger partial charge in [-0.3, -0.25) is 0 Å². The highest BCUT2D eigenvalue weighted by molar-refractivity contribution is 7.19. The lowest BCUT2D eigenvalue weighted by Gasteiger charge is -2.45. The molecule has 0 amide bonds. The largest absolute Gasteiger partial charge is 0.388 e. The lowest BCUT2D eigenvalue weighted by molar-refractivity contribution is 0.128. The highest BCUT2D eigenvalue weighted by Gasteiger charge is 2.43. The monoisotopic (exact) mass is 240 g/mol. The molecule has 0 spiro atoms. The van der Waals surface area contributed by atoms with Crippen molar-refractivity contribution in [1.29, 1.82) is 0 Å². The Morgan fingerprint density at radius 1 is 1.19 bits per heavy atom. The van der Waals surface area contributed by atoms with E-state index in [0.717, 1.165) is 0 Å². The highest BCUT2D eigenvalue weighted by atomic mass is 31.0. The molecule has 1 nitrogen and oxygen atoms in total. The first-order valence-electron chi connectivity index (χ1n) is 5.87. The summed E-state index contributed by atoms with van der Waals surface area (Å²) in [7, 11) is 2.85. The smallest absolute Gasteiger partial charge is 0.0854 e. The lowest BCUT2D eigenvalue weighted by Crippen LogP contribution is -2.46. The molecule has 1 rings (SSSR count). The summed E-state index contributed by atoms with van der Waals surface area (Å²) < 4.78 is 0. The van der Waals surface area contributed by atoms with Crippen molar-refractivity contribution in [3.05, 3.63) is 23.8 Å². The van der Waals surface area contributed by atoms with E-state index >= 15 is 0 Å². The van der Waals surface area contributed by atoms with Gasteiger partial charge >= 0.3 is 0 Å². The van der Waals surface area contributed by atoms with Crippen LogP contribution in [0, 0.1) is 10.8 Å². The van der Waals surface area contributed by atoms with Gasteiger partial charge in [0.25, 0.3) is 0 Å². The topological polar surface area (TPSA) is 20.2 Å². The van der Waals surface area contributed by atoms with E-state index in [1.807, 2.05) is 6.08 Å². The normalized spacial score (nSPS) is 31.5. The molecule has 0 radical (unpaired) electrons. The number of rotatable bonds is 0. The van der Waals surface area contributed by atoms with Crippen LogP contribution in [-0.2, 0) is 0 Å². The molecule has 3 atom stereocenters. The summed E-state index contributed by atoms with van der Waals surface area (Å²) in [4.78, 5) is 0. The molecule has 16 heavy (non-hydrogen) atoms. The Labute approximate surface area is 102 Å². The van der Waals surface area contributed by atoms with Gasteiger partial charge < -0.3 is 5.11 Å². The van der Waals surface area contributed by atoms with Gasteiger partial charge in [0.15, 0.2) is 0 Å². The van der Waals surface area contributed by atoms with Crippen molar-refractivity contribution in [3.63, 3.8) is 0 Å². The van der Waals surface area contributed by atoms with Crippen LogP contribution in [0.2, 0.25) is 0 Å².